The number of hydrogen-bond donors (Lipinski definition) is 0. The fraction of sp³-hybridized carbons (Fsp3) is 0.600. The van der Waals surface area contributed by atoms with E-state index in [4.69, 9.17) is 12.2 Å². The predicted molar refractivity (Wildman–Crippen MR) is 42.8 cm³/mol. The summed E-state index contributed by atoms with van der Waals surface area (Å²) in [7, 11) is 0. The van der Waals surface area contributed by atoms with Crippen LogP contribution in [-0.4, -0.2) is 15.8 Å². The highest BCUT2D eigenvalue weighted by molar-refractivity contribution is 8.31. The first-order valence-corrected chi connectivity index (χ1v) is 3.79. The Morgan fingerprint density at radius 1 is 2.00 bits per heavy atom. The van der Waals surface area contributed by atoms with Crippen LogP contribution in [0.1, 0.15) is 13.3 Å². The molecule has 0 spiro atoms. The van der Waals surface area contributed by atoms with Gasteiger partial charge in [-0.1, -0.05) is 24.0 Å². The van der Waals surface area contributed by atoms with Gasteiger partial charge in [0.2, 0.25) is 0 Å². The summed E-state index contributed by atoms with van der Waals surface area (Å²) < 4.78 is 1.06. The molecule has 1 rings (SSSR count). The van der Waals surface area contributed by atoms with Crippen molar-refractivity contribution in [2.45, 2.75) is 19.4 Å². The smallest absolute Gasteiger partial charge is 0.0597 e. The Labute approximate surface area is 58.6 Å². The third-order valence-corrected chi connectivity index (χ3v) is 2.07. The third kappa shape index (κ3) is 1.56. The summed E-state index contributed by atoms with van der Waals surface area (Å²) in [6.07, 6.45) is 0.969. The van der Waals surface area contributed by atoms with Gasteiger partial charge >= 0.3 is 0 Å². The molecular formula is C5H7NS2. The second-order valence-corrected chi connectivity index (χ2v) is 3.49. The quantitative estimate of drug-likeness (QED) is 0.482. The topological polar surface area (TPSA) is 12.4 Å². The highest BCUT2D eigenvalue weighted by Gasteiger charge is 2.06. The summed E-state index contributed by atoms with van der Waals surface area (Å²) in [5.41, 5.74) is 1.83. The minimum Gasteiger partial charge on any atom is -0.283 e. The van der Waals surface area contributed by atoms with Gasteiger partial charge in [0.15, 0.2) is 0 Å². The first-order valence-electron chi connectivity index (χ1n) is 2.50. The molecule has 0 aromatic heterocycles. The standard InChI is InChI=1S/C5H7NS2/c1-4-2-5(7)8-3-6-4/h3-4H,2H2,1H3. The summed E-state index contributed by atoms with van der Waals surface area (Å²) in [4.78, 5) is 4.13. The van der Waals surface area contributed by atoms with Crippen molar-refractivity contribution in [2.75, 3.05) is 0 Å². The van der Waals surface area contributed by atoms with Crippen LogP contribution in [0.25, 0.3) is 0 Å². The molecule has 8 heavy (non-hydrogen) atoms. The van der Waals surface area contributed by atoms with E-state index in [1.807, 2.05) is 5.55 Å². The van der Waals surface area contributed by atoms with Crippen LogP contribution in [0.3, 0.4) is 0 Å². The molecule has 44 valence electrons. The Hall–Kier alpha value is 0.110. The van der Waals surface area contributed by atoms with E-state index >= 15 is 0 Å². The minimum absolute atomic E-state index is 0.420. The molecule has 0 aromatic carbocycles. The van der Waals surface area contributed by atoms with Crippen LogP contribution in [0, 0.1) is 0 Å². The number of rotatable bonds is 0. The molecule has 1 aliphatic rings. The molecule has 0 fully saturated rings. The predicted octanol–water partition coefficient (Wildman–Crippen LogP) is 1.87. The lowest BCUT2D eigenvalue weighted by Gasteiger charge is -2.09. The van der Waals surface area contributed by atoms with E-state index in [-0.39, 0.29) is 0 Å². The lowest BCUT2D eigenvalue weighted by molar-refractivity contribution is 0.794. The van der Waals surface area contributed by atoms with E-state index in [2.05, 4.69) is 11.9 Å². The second kappa shape index (κ2) is 2.60. The molecule has 0 N–H and O–H groups in total. The number of hydrogen-bond acceptors (Lipinski definition) is 3. The third-order valence-electron chi connectivity index (χ3n) is 0.962. The zero-order chi connectivity index (χ0) is 5.98. The summed E-state index contributed by atoms with van der Waals surface area (Å²) in [6.45, 7) is 2.07. The van der Waals surface area contributed by atoms with Gasteiger partial charge < -0.3 is 0 Å². The molecule has 1 unspecified atom stereocenters. The Balaban J connectivity index is 2.54. The van der Waals surface area contributed by atoms with Crippen molar-refractivity contribution in [3.63, 3.8) is 0 Å². The first-order chi connectivity index (χ1) is 3.79. The SMILES string of the molecule is CC1CC(=S)SC=N1. The average molecular weight is 145 g/mol. The summed E-state index contributed by atoms with van der Waals surface area (Å²) >= 11 is 6.52. The van der Waals surface area contributed by atoms with Crippen LogP contribution in [0.5, 0.6) is 0 Å². The zero-order valence-electron chi connectivity index (χ0n) is 4.63. The van der Waals surface area contributed by atoms with Crippen LogP contribution >= 0.6 is 24.0 Å². The van der Waals surface area contributed by atoms with Crippen LogP contribution in [0.2, 0.25) is 0 Å². The normalized spacial score (nSPS) is 28.6. The maximum Gasteiger partial charge on any atom is 0.0597 e. The van der Waals surface area contributed by atoms with Crippen LogP contribution < -0.4 is 0 Å². The summed E-state index contributed by atoms with van der Waals surface area (Å²) in [5.74, 6) is 0. The van der Waals surface area contributed by atoms with Gasteiger partial charge in [0.1, 0.15) is 0 Å². The number of nitrogens with zero attached hydrogens (tertiary/aromatic N) is 1. The van der Waals surface area contributed by atoms with E-state index < -0.39 is 0 Å². The van der Waals surface area contributed by atoms with Crippen molar-refractivity contribution in [1.82, 2.24) is 0 Å². The van der Waals surface area contributed by atoms with Gasteiger partial charge in [-0.3, -0.25) is 4.99 Å². The number of aliphatic imine (C=N–C) groups is 1. The van der Waals surface area contributed by atoms with E-state index in [1.54, 1.807) is 11.8 Å². The number of thiocarbonyl (C=S) groups is 1. The summed E-state index contributed by atoms with van der Waals surface area (Å²) in [5, 5.41) is 0. The van der Waals surface area contributed by atoms with Gasteiger partial charge in [0.05, 0.1) is 15.8 Å². The lowest BCUT2D eigenvalue weighted by Crippen LogP contribution is -2.07. The zero-order valence-corrected chi connectivity index (χ0v) is 6.26. The highest BCUT2D eigenvalue weighted by Crippen LogP contribution is 2.14. The molecule has 3 heteroatoms. The van der Waals surface area contributed by atoms with Gasteiger partial charge in [-0.05, 0) is 6.92 Å². The molecule has 1 nitrogen and oxygen atoms in total. The van der Waals surface area contributed by atoms with Gasteiger partial charge in [-0.15, -0.1) is 0 Å². The Morgan fingerprint density at radius 2 is 2.75 bits per heavy atom. The largest absolute Gasteiger partial charge is 0.283 e. The van der Waals surface area contributed by atoms with Crippen molar-refractivity contribution in [1.29, 1.82) is 0 Å². The second-order valence-electron chi connectivity index (χ2n) is 1.80. The van der Waals surface area contributed by atoms with Crippen molar-refractivity contribution in [3.8, 4) is 0 Å². The average Bonchev–Trinajstić information content (AvgIpc) is 1.64. The van der Waals surface area contributed by atoms with Gasteiger partial charge in [0.25, 0.3) is 0 Å². The summed E-state index contributed by atoms with van der Waals surface area (Å²) in [6, 6.07) is 0.420. The van der Waals surface area contributed by atoms with E-state index in [0.29, 0.717) is 6.04 Å². The molecule has 0 amide bonds. The molecular weight excluding hydrogens is 138 g/mol. The Bertz CT molecular complexity index is 130. The van der Waals surface area contributed by atoms with E-state index in [1.165, 1.54) is 0 Å². The maximum absolute atomic E-state index is 4.95. The van der Waals surface area contributed by atoms with Gasteiger partial charge in [-0.25, -0.2) is 0 Å². The lowest BCUT2D eigenvalue weighted by atomic mass is 10.3. The molecule has 0 radical (unpaired) electrons. The Morgan fingerprint density at radius 3 is 3.12 bits per heavy atom. The van der Waals surface area contributed by atoms with Crippen LogP contribution in [0.4, 0.5) is 0 Å². The highest BCUT2D eigenvalue weighted by atomic mass is 32.2. The van der Waals surface area contributed by atoms with Gasteiger partial charge in [-0.2, -0.15) is 0 Å². The molecule has 1 heterocycles. The molecule has 1 aliphatic heterocycles. The van der Waals surface area contributed by atoms with Crippen molar-refractivity contribution in [2.24, 2.45) is 4.99 Å². The van der Waals surface area contributed by atoms with Crippen molar-refractivity contribution < 1.29 is 0 Å². The fourth-order valence-electron chi connectivity index (χ4n) is 0.535. The molecule has 0 aliphatic carbocycles. The fourth-order valence-corrected chi connectivity index (χ4v) is 1.63. The molecule has 0 aromatic rings. The van der Waals surface area contributed by atoms with Crippen molar-refractivity contribution >= 4 is 33.7 Å². The van der Waals surface area contributed by atoms with E-state index in [0.717, 1.165) is 10.6 Å². The monoisotopic (exact) mass is 145 g/mol. The maximum atomic E-state index is 4.95. The minimum atomic E-state index is 0.420. The molecule has 0 saturated carbocycles. The van der Waals surface area contributed by atoms with Crippen LogP contribution in [0.15, 0.2) is 4.99 Å². The van der Waals surface area contributed by atoms with E-state index in [9.17, 15) is 0 Å². The first kappa shape index (κ1) is 6.23. The number of thioether (sulfide) groups is 1. The van der Waals surface area contributed by atoms with Crippen molar-refractivity contribution in [3.05, 3.63) is 0 Å². The van der Waals surface area contributed by atoms with Gasteiger partial charge in [0, 0.05) is 6.42 Å². The molecule has 0 bridgehead atoms. The molecule has 0 saturated heterocycles. The van der Waals surface area contributed by atoms with Crippen LogP contribution in [-0.2, 0) is 0 Å². The molecule has 1 atom stereocenters. The Kier molecular flexibility index (Phi) is 2.02.